The van der Waals surface area contributed by atoms with Crippen LogP contribution < -0.4 is 5.73 Å². The maximum Gasteiger partial charge on any atom is 0.225 e. The van der Waals surface area contributed by atoms with Gasteiger partial charge in [0.2, 0.25) is 5.91 Å². The molecule has 3 heteroatoms. The highest BCUT2D eigenvalue weighted by Gasteiger charge is 2.26. The number of nitrogens with two attached hydrogens (primary N) is 1. The Morgan fingerprint density at radius 3 is 3.00 bits per heavy atom. The fourth-order valence-electron chi connectivity index (χ4n) is 2.12. The van der Waals surface area contributed by atoms with Gasteiger partial charge in [-0.05, 0) is 36.5 Å². The zero-order valence-corrected chi connectivity index (χ0v) is 8.55. The van der Waals surface area contributed by atoms with Gasteiger partial charge < -0.3 is 5.73 Å². The van der Waals surface area contributed by atoms with Crippen molar-refractivity contribution < 1.29 is 4.79 Å². The Bertz CT molecular complexity index is 376. The van der Waals surface area contributed by atoms with E-state index in [-0.39, 0.29) is 11.8 Å². The van der Waals surface area contributed by atoms with Crippen molar-refractivity contribution in [3.63, 3.8) is 0 Å². The van der Waals surface area contributed by atoms with E-state index in [9.17, 15) is 4.79 Å². The van der Waals surface area contributed by atoms with Gasteiger partial charge in [0.25, 0.3) is 0 Å². The van der Waals surface area contributed by atoms with Crippen molar-refractivity contribution in [2.24, 2.45) is 5.73 Å². The van der Waals surface area contributed by atoms with Crippen molar-refractivity contribution in [3.05, 3.63) is 34.3 Å². The van der Waals surface area contributed by atoms with Gasteiger partial charge in [-0.15, -0.1) is 0 Å². The lowest BCUT2D eigenvalue weighted by Gasteiger charge is -2.23. The van der Waals surface area contributed by atoms with Gasteiger partial charge in [0.05, 0.1) is 5.92 Å². The molecule has 1 aliphatic rings. The molecular formula is C11H12ClNO. The first-order chi connectivity index (χ1) is 6.70. The highest BCUT2D eigenvalue weighted by molar-refractivity contribution is 6.31. The molecule has 0 aromatic heterocycles. The second-order valence-electron chi connectivity index (χ2n) is 3.66. The van der Waals surface area contributed by atoms with E-state index in [1.165, 1.54) is 5.56 Å². The fraction of sp³-hybridized carbons (Fsp3) is 0.364. The first kappa shape index (κ1) is 9.53. The summed E-state index contributed by atoms with van der Waals surface area (Å²) in [6.07, 6.45) is 2.84. The number of fused-ring (bicyclic) bond motifs is 1. The van der Waals surface area contributed by atoms with Crippen LogP contribution in [0, 0.1) is 0 Å². The van der Waals surface area contributed by atoms with Crippen molar-refractivity contribution >= 4 is 17.5 Å². The summed E-state index contributed by atoms with van der Waals surface area (Å²) < 4.78 is 0. The van der Waals surface area contributed by atoms with Crippen molar-refractivity contribution in [2.45, 2.75) is 25.2 Å². The third-order valence-electron chi connectivity index (χ3n) is 2.77. The van der Waals surface area contributed by atoms with Crippen LogP contribution in [0.5, 0.6) is 0 Å². The molecule has 1 amide bonds. The number of hydrogen-bond acceptors (Lipinski definition) is 1. The molecule has 14 heavy (non-hydrogen) atoms. The Balaban J connectivity index is 2.52. The van der Waals surface area contributed by atoms with Crippen molar-refractivity contribution in [2.75, 3.05) is 0 Å². The molecule has 1 aromatic rings. The number of benzene rings is 1. The smallest absolute Gasteiger partial charge is 0.225 e. The molecule has 0 heterocycles. The SMILES string of the molecule is NC(=O)[C@@H]1CCCc2cccc(Cl)c21. The maximum atomic E-state index is 11.2. The Kier molecular flexibility index (Phi) is 2.46. The molecule has 2 nitrogen and oxygen atoms in total. The number of carbonyl (C=O) groups excluding carboxylic acids is 1. The van der Waals surface area contributed by atoms with Crippen LogP contribution in [0.15, 0.2) is 18.2 Å². The average molecular weight is 210 g/mol. The molecule has 0 radical (unpaired) electrons. The number of rotatable bonds is 1. The monoisotopic (exact) mass is 209 g/mol. The van der Waals surface area contributed by atoms with E-state index in [4.69, 9.17) is 17.3 Å². The number of aryl methyl sites for hydroxylation is 1. The van der Waals surface area contributed by atoms with E-state index in [1.54, 1.807) is 0 Å². The van der Waals surface area contributed by atoms with Gasteiger partial charge in [-0.25, -0.2) is 0 Å². The van der Waals surface area contributed by atoms with Gasteiger partial charge in [-0.2, -0.15) is 0 Å². The molecular weight excluding hydrogens is 198 g/mol. The molecule has 2 N–H and O–H groups in total. The van der Waals surface area contributed by atoms with E-state index in [2.05, 4.69) is 0 Å². The van der Waals surface area contributed by atoms with E-state index < -0.39 is 0 Å². The van der Waals surface area contributed by atoms with Crippen molar-refractivity contribution in [3.8, 4) is 0 Å². The summed E-state index contributed by atoms with van der Waals surface area (Å²) in [5.74, 6) is -0.452. The molecule has 0 aliphatic heterocycles. The standard InChI is InChI=1S/C11H12ClNO/c12-9-6-2-4-7-3-1-5-8(10(7)9)11(13)14/h2,4,6,8H,1,3,5H2,(H2,13,14)/t8-/m1/s1. The zero-order chi connectivity index (χ0) is 10.1. The number of carbonyl (C=O) groups is 1. The van der Waals surface area contributed by atoms with Crippen LogP contribution in [0.25, 0.3) is 0 Å². The van der Waals surface area contributed by atoms with Crippen LogP contribution in [0.4, 0.5) is 0 Å². The quantitative estimate of drug-likeness (QED) is 0.758. The first-order valence-corrected chi connectivity index (χ1v) is 5.14. The van der Waals surface area contributed by atoms with E-state index in [1.807, 2.05) is 18.2 Å². The van der Waals surface area contributed by atoms with Gasteiger partial charge in [-0.3, -0.25) is 4.79 Å². The molecule has 0 fully saturated rings. The molecule has 1 atom stereocenters. The van der Waals surface area contributed by atoms with E-state index in [0.29, 0.717) is 5.02 Å². The van der Waals surface area contributed by atoms with Crippen LogP contribution in [-0.2, 0) is 11.2 Å². The van der Waals surface area contributed by atoms with Gasteiger partial charge in [-0.1, -0.05) is 23.7 Å². The van der Waals surface area contributed by atoms with Crippen LogP contribution >= 0.6 is 11.6 Å². The number of primary amides is 1. The molecule has 0 saturated carbocycles. The summed E-state index contributed by atoms with van der Waals surface area (Å²) in [4.78, 5) is 11.2. The second-order valence-corrected chi connectivity index (χ2v) is 4.07. The maximum absolute atomic E-state index is 11.2. The summed E-state index contributed by atoms with van der Waals surface area (Å²) in [5, 5.41) is 0.672. The fourth-order valence-corrected chi connectivity index (χ4v) is 2.44. The first-order valence-electron chi connectivity index (χ1n) is 4.76. The van der Waals surface area contributed by atoms with Crippen LogP contribution in [-0.4, -0.2) is 5.91 Å². The molecule has 74 valence electrons. The summed E-state index contributed by atoms with van der Waals surface area (Å²) in [7, 11) is 0. The molecule has 0 spiro atoms. The molecule has 0 unspecified atom stereocenters. The molecule has 0 bridgehead atoms. The largest absolute Gasteiger partial charge is 0.369 e. The minimum atomic E-state index is -0.265. The van der Waals surface area contributed by atoms with E-state index >= 15 is 0 Å². The van der Waals surface area contributed by atoms with Crippen molar-refractivity contribution in [1.29, 1.82) is 0 Å². The Morgan fingerprint density at radius 1 is 1.50 bits per heavy atom. The van der Waals surface area contributed by atoms with Gasteiger partial charge >= 0.3 is 0 Å². The van der Waals surface area contributed by atoms with Gasteiger partial charge in [0.1, 0.15) is 0 Å². The number of hydrogen-bond donors (Lipinski definition) is 1. The second kappa shape index (κ2) is 3.62. The van der Waals surface area contributed by atoms with Crippen LogP contribution in [0.3, 0.4) is 0 Å². The van der Waals surface area contributed by atoms with E-state index in [0.717, 1.165) is 24.8 Å². The summed E-state index contributed by atoms with van der Waals surface area (Å²) in [6, 6.07) is 5.77. The zero-order valence-electron chi connectivity index (χ0n) is 7.79. The average Bonchev–Trinajstić information content (AvgIpc) is 2.17. The summed E-state index contributed by atoms with van der Waals surface area (Å²) in [6.45, 7) is 0. The van der Waals surface area contributed by atoms with Gasteiger partial charge in [0, 0.05) is 5.02 Å². The molecule has 1 aromatic carbocycles. The molecule has 2 rings (SSSR count). The Labute approximate surface area is 88.1 Å². The highest BCUT2D eigenvalue weighted by Crippen LogP contribution is 2.36. The lowest BCUT2D eigenvalue weighted by molar-refractivity contribution is -0.119. The van der Waals surface area contributed by atoms with Crippen LogP contribution in [0.2, 0.25) is 5.02 Å². The normalized spacial score (nSPS) is 20.2. The lowest BCUT2D eigenvalue weighted by Crippen LogP contribution is -2.25. The third kappa shape index (κ3) is 1.50. The predicted molar refractivity (Wildman–Crippen MR) is 56.3 cm³/mol. The highest BCUT2D eigenvalue weighted by atomic mass is 35.5. The Hall–Kier alpha value is -1.02. The molecule has 0 saturated heterocycles. The van der Waals surface area contributed by atoms with Crippen LogP contribution in [0.1, 0.15) is 29.9 Å². The predicted octanol–water partition coefficient (Wildman–Crippen LogP) is 2.25. The number of amides is 1. The summed E-state index contributed by atoms with van der Waals surface area (Å²) >= 11 is 6.07. The third-order valence-corrected chi connectivity index (χ3v) is 3.10. The number of halogens is 1. The summed E-state index contributed by atoms with van der Waals surface area (Å²) in [5.41, 5.74) is 7.48. The lowest BCUT2D eigenvalue weighted by atomic mass is 9.82. The minimum absolute atomic E-state index is 0.188. The Morgan fingerprint density at radius 2 is 2.29 bits per heavy atom. The van der Waals surface area contributed by atoms with Crippen molar-refractivity contribution in [1.82, 2.24) is 0 Å². The molecule has 1 aliphatic carbocycles. The minimum Gasteiger partial charge on any atom is -0.369 e. The topological polar surface area (TPSA) is 43.1 Å². The van der Waals surface area contributed by atoms with Gasteiger partial charge in [0.15, 0.2) is 0 Å².